The molecule has 0 saturated heterocycles. The molecule has 1 aromatic carbocycles. The molecule has 13 heavy (non-hydrogen) atoms. The summed E-state index contributed by atoms with van der Waals surface area (Å²) in [4.78, 5) is 0. The molecule has 0 aliphatic carbocycles. The van der Waals surface area contributed by atoms with E-state index >= 15 is 0 Å². The molecule has 0 amide bonds. The first-order valence-electron chi connectivity index (χ1n) is 4.85. The van der Waals surface area contributed by atoms with Gasteiger partial charge in [0.2, 0.25) is 0 Å². The molecule has 0 aliphatic rings. The Morgan fingerprint density at radius 2 is 1.69 bits per heavy atom. The third-order valence-electron chi connectivity index (χ3n) is 2.09. The van der Waals surface area contributed by atoms with Gasteiger partial charge in [-0.25, -0.2) is 0 Å². The topological polar surface area (TPSA) is 0 Å². The molecule has 0 atom stereocenters. The third-order valence-corrected chi connectivity index (χ3v) is 2.09. The third kappa shape index (κ3) is 3.06. The van der Waals surface area contributed by atoms with Crippen LogP contribution in [0.5, 0.6) is 0 Å². The average molecular weight is 174 g/mol. The Morgan fingerprint density at radius 1 is 1.15 bits per heavy atom. The molecule has 0 bridgehead atoms. The molecule has 0 unspecified atom stereocenters. The van der Waals surface area contributed by atoms with Gasteiger partial charge in [-0.1, -0.05) is 49.8 Å². The first-order chi connectivity index (χ1) is 6.09. The van der Waals surface area contributed by atoms with Crippen molar-refractivity contribution in [1.29, 1.82) is 0 Å². The predicted octanol–water partition coefficient (Wildman–Crippen LogP) is 4.05. The summed E-state index contributed by atoms with van der Waals surface area (Å²) in [7, 11) is 0. The van der Waals surface area contributed by atoms with E-state index in [1.807, 2.05) is 0 Å². The van der Waals surface area contributed by atoms with E-state index in [2.05, 4.69) is 58.0 Å². The Hall–Kier alpha value is -1.04. The number of aryl methyl sites for hydroxylation is 1. The molecule has 0 saturated carbocycles. The Kier molecular flexibility index (Phi) is 3.30. The van der Waals surface area contributed by atoms with Gasteiger partial charge in [0.15, 0.2) is 0 Å². The van der Waals surface area contributed by atoms with Gasteiger partial charge in [0.1, 0.15) is 0 Å². The smallest absolute Gasteiger partial charge is 0.0230 e. The van der Waals surface area contributed by atoms with E-state index in [1.54, 1.807) is 0 Å². The van der Waals surface area contributed by atoms with Crippen molar-refractivity contribution in [3.05, 3.63) is 41.5 Å². The lowest BCUT2D eigenvalue weighted by Gasteiger charge is -2.04. The largest absolute Gasteiger partial charge is 0.0784 e. The fourth-order valence-corrected chi connectivity index (χ4v) is 1.41. The molecule has 0 spiro atoms. The predicted molar refractivity (Wildman–Crippen MR) is 59.7 cm³/mol. The maximum Gasteiger partial charge on any atom is -0.0230 e. The Labute approximate surface area is 81.3 Å². The maximum absolute atomic E-state index is 2.30. The summed E-state index contributed by atoms with van der Waals surface area (Å²) in [5.74, 6) is 0.626. The Bertz CT molecular complexity index is 288. The van der Waals surface area contributed by atoms with E-state index in [-0.39, 0.29) is 0 Å². The summed E-state index contributed by atoms with van der Waals surface area (Å²) in [6, 6.07) is 8.69. The molecule has 0 fully saturated rings. The Morgan fingerprint density at radius 3 is 2.15 bits per heavy atom. The van der Waals surface area contributed by atoms with Crippen LogP contribution in [0, 0.1) is 12.8 Å². The lowest BCUT2D eigenvalue weighted by atomic mass is 10.0. The van der Waals surface area contributed by atoms with Gasteiger partial charge in [0, 0.05) is 0 Å². The molecule has 1 aromatic rings. The molecule has 0 radical (unpaired) electrons. The SMILES string of the molecule is C/C(=C\C(C)C)c1ccc(C)cc1. The maximum atomic E-state index is 2.30. The Balaban J connectivity index is 2.89. The van der Waals surface area contributed by atoms with Crippen LogP contribution in [-0.2, 0) is 0 Å². The second-order valence-electron chi connectivity index (χ2n) is 3.96. The normalized spacial score (nSPS) is 12.2. The quantitative estimate of drug-likeness (QED) is 0.634. The van der Waals surface area contributed by atoms with E-state index < -0.39 is 0 Å². The molecule has 0 aromatic heterocycles. The van der Waals surface area contributed by atoms with E-state index in [1.165, 1.54) is 16.7 Å². The summed E-state index contributed by atoms with van der Waals surface area (Å²) in [6.45, 7) is 8.70. The molecule has 0 aliphatic heterocycles. The first-order valence-corrected chi connectivity index (χ1v) is 4.85. The molecule has 70 valence electrons. The molecule has 0 heteroatoms. The number of benzene rings is 1. The minimum atomic E-state index is 0.626. The van der Waals surface area contributed by atoms with Crippen molar-refractivity contribution in [3.8, 4) is 0 Å². The molecule has 1 rings (SSSR count). The van der Waals surface area contributed by atoms with Gasteiger partial charge >= 0.3 is 0 Å². The van der Waals surface area contributed by atoms with Gasteiger partial charge in [-0.05, 0) is 30.9 Å². The van der Waals surface area contributed by atoms with Crippen LogP contribution in [0.2, 0.25) is 0 Å². The van der Waals surface area contributed by atoms with Gasteiger partial charge < -0.3 is 0 Å². The van der Waals surface area contributed by atoms with Crippen LogP contribution in [0.4, 0.5) is 0 Å². The van der Waals surface area contributed by atoms with Crippen LogP contribution >= 0.6 is 0 Å². The van der Waals surface area contributed by atoms with Crippen LogP contribution in [0.25, 0.3) is 5.57 Å². The van der Waals surface area contributed by atoms with Crippen molar-refractivity contribution in [2.75, 3.05) is 0 Å². The second-order valence-corrected chi connectivity index (χ2v) is 3.96. The van der Waals surface area contributed by atoms with Crippen molar-refractivity contribution < 1.29 is 0 Å². The van der Waals surface area contributed by atoms with Crippen LogP contribution in [-0.4, -0.2) is 0 Å². The minimum absolute atomic E-state index is 0.626. The van der Waals surface area contributed by atoms with Gasteiger partial charge in [-0.15, -0.1) is 0 Å². The summed E-state index contributed by atoms with van der Waals surface area (Å²) in [5.41, 5.74) is 4.02. The fourth-order valence-electron chi connectivity index (χ4n) is 1.41. The summed E-state index contributed by atoms with van der Waals surface area (Å²) < 4.78 is 0. The monoisotopic (exact) mass is 174 g/mol. The molecule has 0 heterocycles. The van der Waals surface area contributed by atoms with Crippen molar-refractivity contribution in [3.63, 3.8) is 0 Å². The molecular formula is C13H18. The lowest BCUT2D eigenvalue weighted by molar-refractivity contribution is 0.833. The highest BCUT2D eigenvalue weighted by molar-refractivity contribution is 5.63. The van der Waals surface area contributed by atoms with Crippen LogP contribution in [0.3, 0.4) is 0 Å². The average Bonchev–Trinajstić information content (AvgIpc) is 2.04. The van der Waals surface area contributed by atoms with E-state index in [9.17, 15) is 0 Å². The van der Waals surface area contributed by atoms with Crippen LogP contribution in [0.15, 0.2) is 30.3 Å². The van der Waals surface area contributed by atoms with Gasteiger partial charge in [-0.2, -0.15) is 0 Å². The van der Waals surface area contributed by atoms with Gasteiger partial charge in [0.05, 0.1) is 0 Å². The number of hydrogen-bond donors (Lipinski definition) is 0. The van der Waals surface area contributed by atoms with Crippen molar-refractivity contribution in [2.24, 2.45) is 5.92 Å². The summed E-state index contributed by atoms with van der Waals surface area (Å²) in [5, 5.41) is 0. The lowest BCUT2D eigenvalue weighted by Crippen LogP contribution is -1.84. The van der Waals surface area contributed by atoms with Crippen LogP contribution < -0.4 is 0 Å². The standard InChI is InChI=1S/C13H18/c1-10(2)9-12(4)13-7-5-11(3)6-8-13/h5-10H,1-4H3/b12-9+. The van der Waals surface area contributed by atoms with Gasteiger partial charge in [0.25, 0.3) is 0 Å². The fraction of sp³-hybridized carbons (Fsp3) is 0.385. The van der Waals surface area contributed by atoms with Gasteiger partial charge in [-0.3, -0.25) is 0 Å². The second kappa shape index (κ2) is 4.27. The molecule has 0 N–H and O–H groups in total. The number of allylic oxidation sites excluding steroid dienone is 2. The van der Waals surface area contributed by atoms with Crippen molar-refractivity contribution in [2.45, 2.75) is 27.7 Å². The van der Waals surface area contributed by atoms with Crippen LogP contribution in [0.1, 0.15) is 31.9 Å². The number of hydrogen-bond acceptors (Lipinski definition) is 0. The summed E-state index contributed by atoms with van der Waals surface area (Å²) >= 11 is 0. The van der Waals surface area contributed by atoms with Crippen molar-refractivity contribution >= 4 is 5.57 Å². The zero-order valence-corrected chi connectivity index (χ0v) is 8.96. The molecule has 0 nitrogen and oxygen atoms in total. The zero-order chi connectivity index (χ0) is 9.84. The highest BCUT2D eigenvalue weighted by atomic mass is 14.0. The van der Waals surface area contributed by atoms with E-state index in [4.69, 9.17) is 0 Å². The highest BCUT2D eigenvalue weighted by Crippen LogP contribution is 2.16. The first kappa shape index (κ1) is 10.0. The highest BCUT2D eigenvalue weighted by Gasteiger charge is 1.95. The van der Waals surface area contributed by atoms with E-state index in [0.717, 1.165) is 0 Å². The summed E-state index contributed by atoms with van der Waals surface area (Å²) in [6.07, 6.45) is 2.30. The number of rotatable bonds is 2. The minimum Gasteiger partial charge on any atom is -0.0784 e. The van der Waals surface area contributed by atoms with E-state index in [0.29, 0.717) is 5.92 Å². The zero-order valence-electron chi connectivity index (χ0n) is 8.96. The molecular weight excluding hydrogens is 156 g/mol. The van der Waals surface area contributed by atoms with Crippen molar-refractivity contribution in [1.82, 2.24) is 0 Å².